The zero-order chi connectivity index (χ0) is 16.8. The molecule has 0 unspecified atom stereocenters. The maximum absolute atomic E-state index is 12.4. The third kappa shape index (κ3) is 4.74. The van der Waals surface area contributed by atoms with E-state index in [4.69, 9.17) is 9.47 Å². The lowest BCUT2D eigenvalue weighted by molar-refractivity contribution is -0.137. The Morgan fingerprint density at radius 1 is 1.13 bits per heavy atom. The molecule has 0 aromatic heterocycles. The molecular weight excluding hydrogens is 290 g/mol. The number of ether oxygens (including phenoxy) is 2. The van der Waals surface area contributed by atoms with Gasteiger partial charge in [0.2, 0.25) is 0 Å². The average molecular weight is 313 g/mol. The maximum atomic E-state index is 12.4. The molecule has 0 heterocycles. The van der Waals surface area contributed by atoms with Crippen LogP contribution in [0, 0.1) is 6.92 Å². The van der Waals surface area contributed by atoms with Crippen LogP contribution in [-0.2, 0) is 11.3 Å². The minimum Gasteiger partial charge on any atom is -0.497 e. The normalized spacial score (nSPS) is 11.7. The van der Waals surface area contributed by atoms with Crippen LogP contribution in [0.25, 0.3) is 0 Å². The van der Waals surface area contributed by atoms with Crippen molar-refractivity contribution in [3.05, 3.63) is 59.7 Å². The molecule has 1 atom stereocenters. The van der Waals surface area contributed by atoms with Gasteiger partial charge < -0.3 is 14.4 Å². The van der Waals surface area contributed by atoms with E-state index in [0.29, 0.717) is 12.3 Å². The minimum atomic E-state index is -0.528. The van der Waals surface area contributed by atoms with E-state index in [1.807, 2.05) is 55.5 Å². The Kier molecular flexibility index (Phi) is 5.63. The highest BCUT2D eigenvalue weighted by atomic mass is 16.5. The number of methoxy groups -OCH3 is 1. The summed E-state index contributed by atoms with van der Waals surface area (Å²) in [4.78, 5) is 14.1. The monoisotopic (exact) mass is 313 g/mol. The fourth-order valence-corrected chi connectivity index (χ4v) is 2.34. The van der Waals surface area contributed by atoms with Gasteiger partial charge in [-0.05, 0) is 49.2 Å². The number of carbonyl (C=O) groups is 1. The molecule has 23 heavy (non-hydrogen) atoms. The summed E-state index contributed by atoms with van der Waals surface area (Å²) in [7, 11) is 3.41. The summed E-state index contributed by atoms with van der Waals surface area (Å²) in [6.07, 6.45) is -0.528. The van der Waals surface area contributed by atoms with Crippen molar-refractivity contribution in [1.82, 2.24) is 4.90 Å². The van der Waals surface area contributed by atoms with Crippen molar-refractivity contribution in [2.24, 2.45) is 0 Å². The van der Waals surface area contributed by atoms with Crippen molar-refractivity contribution >= 4 is 5.91 Å². The Balaban J connectivity index is 1.95. The molecule has 0 radical (unpaired) electrons. The van der Waals surface area contributed by atoms with Crippen LogP contribution < -0.4 is 9.47 Å². The number of likely N-dealkylation sites (N-methyl/N-ethyl adjacent to an activating group) is 1. The number of amides is 1. The van der Waals surface area contributed by atoms with Gasteiger partial charge >= 0.3 is 0 Å². The van der Waals surface area contributed by atoms with E-state index >= 15 is 0 Å². The topological polar surface area (TPSA) is 38.8 Å². The fourth-order valence-electron chi connectivity index (χ4n) is 2.34. The second kappa shape index (κ2) is 7.68. The minimum absolute atomic E-state index is 0.0534. The summed E-state index contributed by atoms with van der Waals surface area (Å²) < 4.78 is 10.9. The fraction of sp³-hybridized carbons (Fsp3) is 0.316. The maximum Gasteiger partial charge on any atom is 0.263 e. The molecule has 0 saturated carbocycles. The standard InChI is InChI=1S/C19H23NO3/c1-14-6-5-7-18(12-14)23-15(2)19(21)20(3)13-16-8-10-17(22-4)11-9-16/h5-12,15H,13H2,1-4H3/t15-/m1/s1. The molecule has 0 aliphatic heterocycles. The zero-order valence-electron chi connectivity index (χ0n) is 14.1. The van der Waals surface area contributed by atoms with Crippen molar-refractivity contribution < 1.29 is 14.3 Å². The summed E-state index contributed by atoms with van der Waals surface area (Å²) in [5.41, 5.74) is 2.15. The van der Waals surface area contributed by atoms with E-state index in [-0.39, 0.29) is 5.91 Å². The highest BCUT2D eigenvalue weighted by Crippen LogP contribution is 2.16. The summed E-state index contributed by atoms with van der Waals surface area (Å²) >= 11 is 0. The Morgan fingerprint density at radius 2 is 1.83 bits per heavy atom. The van der Waals surface area contributed by atoms with E-state index in [1.165, 1.54) is 0 Å². The van der Waals surface area contributed by atoms with Crippen LogP contribution >= 0.6 is 0 Å². The molecule has 2 aromatic rings. The average Bonchev–Trinajstić information content (AvgIpc) is 2.54. The number of hydrogen-bond acceptors (Lipinski definition) is 3. The summed E-state index contributed by atoms with van der Waals surface area (Å²) in [5.74, 6) is 1.46. The third-order valence-electron chi connectivity index (χ3n) is 3.61. The van der Waals surface area contributed by atoms with Gasteiger partial charge in [0, 0.05) is 13.6 Å². The van der Waals surface area contributed by atoms with Gasteiger partial charge in [-0.2, -0.15) is 0 Å². The lowest BCUT2D eigenvalue weighted by Crippen LogP contribution is -2.37. The lowest BCUT2D eigenvalue weighted by Gasteiger charge is -2.22. The molecule has 4 nitrogen and oxygen atoms in total. The summed E-state index contributed by atoms with van der Waals surface area (Å²) in [6.45, 7) is 4.30. The van der Waals surface area contributed by atoms with E-state index in [0.717, 1.165) is 16.9 Å². The van der Waals surface area contributed by atoms with Crippen molar-refractivity contribution in [3.63, 3.8) is 0 Å². The van der Waals surface area contributed by atoms with Gasteiger partial charge in [-0.15, -0.1) is 0 Å². The smallest absolute Gasteiger partial charge is 0.263 e. The van der Waals surface area contributed by atoms with Gasteiger partial charge in [0.15, 0.2) is 6.10 Å². The Morgan fingerprint density at radius 3 is 2.43 bits per heavy atom. The van der Waals surface area contributed by atoms with Crippen LogP contribution in [0.2, 0.25) is 0 Å². The van der Waals surface area contributed by atoms with E-state index < -0.39 is 6.10 Å². The van der Waals surface area contributed by atoms with E-state index in [1.54, 1.807) is 26.0 Å². The molecule has 0 aliphatic rings. The van der Waals surface area contributed by atoms with Gasteiger partial charge in [-0.25, -0.2) is 0 Å². The van der Waals surface area contributed by atoms with E-state index in [9.17, 15) is 4.79 Å². The lowest BCUT2D eigenvalue weighted by atomic mass is 10.2. The molecule has 0 saturated heterocycles. The third-order valence-corrected chi connectivity index (χ3v) is 3.61. The van der Waals surface area contributed by atoms with Crippen molar-refractivity contribution in [3.8, 4) is 11.5 Å². The number of aryl methyl sites for hydroxylation is 1. The van der Waals surface area contributed by atoms with Gasteiger partial charge in [-0.3, -0.25) is 4.79 Å². The quantitative estimate of drug-likeness (QED) is 0.820. The molecular formula is C19H23NO3. The number of benzene rings is 2. The second-order valence-electron chi connectivity index (χ2n) is 5.62. The van der Waals surface area contributed by atoms with Crippen LogP contribution in [0.15, 0.2) is 48.5 Å². The van der Waals surface area contributed by atoms with Gasteiger partial charge in [-0.1, -0.05) is 24.3 Å². The Labute approximate surface area is 137 Å². The first-order chi connectivity index (χ1) is 11.0. The van der Waals surface area contributed by atoms with Gasteiger partial charge in [0.05, 0.1) is 7.11 Å². The number of carbonyl (C=O) groups excluding carboxylic acids is 1. The summed E-state index contributed by atoms with van der Waals surface area (Å²) in [6, 6.07) is 15.4. The molecule has 4 heteroatoms. The van der Waals surface area contributed by atoms with Crippen LogP contribution in [0.5, 0.6) is 11.5 Å². The predicted octanol–water partition coefficient (Wildman–Crippen LogP) is 3.43. The first-order valence-electron chi connectivity index (χ1n) is 7.61. The van der Waals surface area contributed by atoms with Gasteiger partial charge in [0.25, 0.3) is 5.91 Å². The van der Waals surface area contributed by atoms with Crippen LogP contribution in [-0.4, -0.2) is 31.1 Å². The highest BCUT2D eigenvalue weighted by molar-refractivity contribution is 5.80. The Hall–Kier alpha value is -2.49. The van der Waals surface area contributed by atoms with Crippen LogP contribution in [0.1, 0.15) is 18.1 Å². The number of hydrogen-bond donors (Lipinski definition) is 0. The molecule has 0 fully saturated rings. The SMILES string of the molecule is COc1ccc(CN(C)C(=O)[C@@H](C)Oc2cccc(C)c2)cc1. The van der Waals surface area contributed by atoms with Crippen molar-refractivity contribution in [2.75, 3.05) is 14.2 Å². The molecule has 0 spiro atoms. The molecule has 0 bridgehead atoms. The highest BCUT2D eigenvalue weighted by Gasteiger charge is 2.19. The summed E-state index contributed by atoms with van der Waals surface area (Å²) in [5, 5.41) is 0. The molecule has 122 valence electrons. The molecule has 1 amide bonds. The van der Waals surface area contributed by atoms with E-state index in [2.05, 4.69) is 0 Å². The first-order valence-corrected chi connectivity index (χ1v) is 7.61. The van der Waals surface area contributed by atoms with Gasteiger partial charge in [0.1, 0.15) is 11.5 Å². The first kappa shape index (κ1) is 16.9. The molecule has 2 rings (SSSR count). The van der Waals surface area contributed by atoms with Crippen molar-refractivity contribution in [1.29, 1.82) is 0 Å². The van der Waals surface area contributed by atoms with Crippen LogP contribution in [0.4, 0.5) is 0 Å². The molecule has 2 aromatic carbocycles. The zero-order valence-corrected chi connectivity index (χ0v) is 14.1. The largest absolute Gasteiger partial charge is 0.497 e. The molecule has 0 N–H and O–H groups in total. The molecule has 0 aliphatic carbocycles. The van der Waals surface area contributed by atoms with Crippen LogP contribution in [0.3, 0.4) is 0 Å². The number of nitrogens with zero attached hydrogens (tertiary/aromatic N) is 1. The Bertz CT molecular complexity index is 652. The number of rotatable bonds is 6. The second-order valence-corrected chi connectivity index (χ2v) is 5.62. The van der Waals surface area contributed by atoms with Crippen molar-refractivity contribution in [2.45, 2.75) is 26.5 Å². The predicted molar refractivity (Wildman–Crippen MR) is 90.7 cm³/mol.